The second kappa shape index (κ2) is 5.64. The molecule has 96 valence electrons. The third kappa shape index (κ3) is 2.68. The zero-order valence-electron chi connectivity index (χ0n) is 10.3. The number of methoxy groups -OCH3 is 1. The summed E-state index contributed by atoms with van der Waals surface area (Å²) in [5, 5.41) is 2.69. The van der Waals surface area contributed by atoms with Crippen LogP contribution in [0.4, 0.5) is 4.79 Å². The van der Waals surface area contributed by atoms with E-state index in [2.05, 4.69) is 5.32 Å². The Morgan fingerprint density at radius 1 is 1.28 bits per heavy atom. The minimum atomic E-state index is -0.461. The van der Waals surface area contributed by atoms with E-state index in [9.17, 15) is 9.59 Å². The maximum Gasteiger partial charge on any atom is 0.324 e. The topological polar surface area (TPSA) is 58.6 Å². The van der Waals surface area contributed by atoms with Crippen LogP contribution in [0.25, 0.3) is 0 Å². The zero-order chi connectivity index (χ0) is 13.0. The number of benzene rings is 1. The molecule has 0 aliphatic carbocycles. The average molecular weight is 248 g/mol. The van der Waals surface area contributed by atoms with Gasteiger partial charge in [0.05, 0.1) is 13.2 Å². The summed E-state index contributed by atoms with van der Waals surface area (Å²) >= 11 is 0. The summed E-state index contributed by atoms with van der Waals surface area (Å²) < 4.78 is 4.88. The fourth-order valence-electron chi connectivity index (χ4n) is 1.96. The van der Waals surface area contributed by atoms with E-state index in [0.29, 0.717) is 19.6 Å². The van der Waals surface area contributed by atoms with Crippen LogP contribution in [-0.4, -0.2) is 43.1 Å². The van der Waals surface area contributed by atoms with Crippen molar-refractivity contribution >= 4 is 11.9 Å². The van der Waals surface area contributed by atoms with Crippen LogP contribution in [0.3, 0.4) is 0 Å². The van der Waals surface area contributed by atoms with Crippen molar-refractivity contribution in [2.45, 2.75) is 12.5 Å². The smallest absolute Gasteiger partial charge is 0.324 e. The van der Waals surface area contributed by atoms with Crippen LogP contribution in [0.15, 0.2) is 30.3 Å². The minimum Gasteiger partial charge on any atom is -0.383 e. The van der Waals surface area contributed by atoms with Gasteiger partial charge in [-0.1, -0.05) is 30.3 Å². The van der Waals surface area contributed by atoms with Crippen LogP contribution in [-0.2, 0) is 16.0 Å². The van der Waals surface area contributed by atoms with E-state index in [4.69, 9.17) is 4.74 Å². The number of carbonyl (C=O) groups excluding carboxylic acids is 2. The molecule has 1 aromatic carbocycles. The Labute approximate surface area is 106 Å². The number of imide groups is 1. The highest BCUT2D eigenvalue weighted by molar-refractivity contribution is 6.04. The molecule has 1 saturated heterocycles. The summed E-state index contributed by atoms with van der Waals surface area (Å²) in [6, 6.07) is 8.84. The first-order valence-corrected chi connectivity index (χ1v) is 5.87. The second-order valence-electron chi connectivity index (χ2n) is 4.17. The van der Waals surface area contributed by atoms with Gasteiger partial charge in [0.15, 0.2) is 0 Å². The van der Waals surface area contributed by atoms with Crippen molar-refractivity contribution in [3.05, 3.63) is 35.9 Å². The van der Waals surface area contributed by atoms with Crippen molar-refractivity contribution in [1.82, 2.24) is 10.2 Å². The lowest BCUT2D eigenvalue weighted by Gasteiger charge is -2.12. The van der Waals surface area contributed by atoms with Gasteiger partial charge in [-0.15, -0.1) is 0 Å². The van der Waals surface area contributed by atoms with Gasteiger partial charge >= 0.3 is 6.03 Å². The van der Waals surface area contributed by atoms with Crippen LogP contribution in [0.2, 0.25) is 0 Å². The average Bonchev–Trinajstić information content (AvgIpc) is 2.64. The van der Waals surface area contributed by atoms with E-state index in [-0.39, 0.29) is 11.9 Å². The third-order valence-electron chi connectivity index (χ3n) is 2.91. The molecule has 0 spiro atoms. The molecule has 0 bridgehead atoms. The molecule has 1 fully saturated rings. The van der Waals surface area contributed by atoms with Crippen LogP contribution >= 0.6 is 0 Å². The van der Waals surface area contributed by atoms with Gasteiger partial charge in [-0.2, -0.15) is 0 Å². The predicted molar refractivity (Wildman–Crippen MR) is 66.1 cm³/mol. The summed E-state index contributed by atoms with van der Waals surface area (Å²) in [6.07, 6.45) is 0.523. The molecule has 0 radical (unpaired) electrons. The first kappa shape index (κ1) is 12.6. The molecule has 1 unspecified atom stereocenters. The minimum absolute atomic E-state index is 0.180. The highest BCUT2D eigenvalue weighted by atomic mass is 16.5. The van der Waals surface area contributed by atoms with E-state index in [0.717, 1.165) is 5.56 Å². The Hall–Kier alpha value is -1.88. The molecular weight excluding hydrogens is 232 g/mol. The summed E-state index contributed by atoms with van der Waals surface area (Å²) in [6.45, 7) is 0.656. The van der Waals surface area contributed by atoms with Gasteiger partial charge in [0.2, 0.25) is 0 Å². The molecule has 0 aromatic heterocycles. The van der Waals surface area contributed by atoms with Crippen molar-refractivity contribution in [2.75, 3.05) is 20.3 Å². The summed E-state index contributed by atoms with van der Waals surface area (Å²) in [4.78, 5) is 24.8. The summed E-state index contributed by atoms with van der Waals surface area (Å²) in [5.74, 6) is -0.180. The molecule has 1 aliphatic rings. The Morgan fingerprint density at radius 2 is 2.00 bits per heavy atom. The molecule has 1 atom stereocenters. The fourth-order valence-corrected chi connectivity index (χ4v) is 1.96. The Balaban J connectivity index is 1.99. The number of carbonyl (C=O) groups is 2. The van der Waals surface area contributed by atoms with Crippen molar-refractivity contribution in [1.29, 1.82) is 0 Å². The van der Waals surface area contributed by atoms with Crippen LogP contribution < -0.4 is 5.32 Å². The Bertz CT molecular complexity index is 433. The lowest BCUT2D eigenvalue weighted by Crippen LogP contribution is -2.34. The van der Waals surface area contributed by atoms with Gasteiger partial charge in [0, 0.05) is 13.5 Å². The lowest BCUT2D eigenvalue weighted by molar-refractivity contribution is -0.127. The highest BCUT2D eigenvalue weighted by Crippen LogP contribution is 2.11. The predicted octanol–water partition coefficient (Wildman–Crippen LogP) is 0.796. The number of hydrogen-bond donors (Lipinski definition) is 1. The summed E-state index contributed by atoms with van der Waals surface area (Å²) in [7, 11) is 1.54. The van der Waals surface area contributed by atoms with E-state index in [1.807, 2.05) is 30.3 Å². The number of hydrogen-bond acceptors (Lipinski definition) is 3. The fraction of sp³-hybridized carbons (Fsp3) is 0.385. The van der Waals surface area contributed by atoms with Crippen LogP contribution in [0.1, 0.15) is 5.56 Å². The maximum absolute atomic E-state index is 12.0. The summed E-state index contributed by atoms with van der Waals surface area (Å²) in [5.41, 5.74) is 1.03. The molecule has 2 rings (SSSR count). The maximum atomic E-state index is 12.0. The van der Waals surface area contributed by atoms with Crippen molar-refractivity contribution < 1.29 is 14.3 Å². The zero-order valence-corrected chi connectivity index (χ0v) is 10.3. The van der Waals surface area contributed by atoms with E-state index in [1.165, 1.54) is 4.90 Å². The molecule has 1 aromatic rings. The van der Waals surface area contributed by atoms with Gasteiger partial charge < -0.3 is 10.1 Å². The first-order valence-electron chi connectivity index (χ1n) is 5.87. The van der Waals surface area contributed by atoms with Crippen LogP contribution in [0, 0.1) is 0 Å². The van der Waals surface area contributed by atoms with E-state index < -0.39 is 6.04 Å². The Kier molecular flexibility index (Phi) is 3.94. The number of ether oxygens (including phenoxy) is 1. The molecular formula is C13H16N2O3. The lowest BCUT2D eigenvalue weighted by atomic mass is 10.1. The molecule has 18 heavy (non-hydrogen) atoms. The number of rotatable bonds is 5. The molecule has 5 heteroatoms. The van der Waals surface area contributed by atoms with Gasteiger partial charge in [-0.3, -0.25) is 9.69 Å². The normalized spacial score (nSPS) is 19.2. The van der Waals surface area contributed by atoms with Gasteiger partial charge in [0.1, 0.15) is 6.04 Å². The molecule has 5 nitrogen and oxygen atoms in total. The van der Waals surface area contributed by atoms with Crippen molar-refractivity contribution in [3.63, 3.8) is 0 Å². The van der Waals surface area contributed by atoms with Gasteiger partial charge in [0.25, 0.3) is 5.91 Å². The Morgan fingerprint density at radius 3 is 2.67 bits per heavy atom. The second-order valence-corrected chi connectivity index (χ2v) is 4.17. The highest BCUT2D eigenvalue weighted by Gasteiger charge is 2.37. The quantitative estimate of drug-likeness (QED) is 0.784. The molecule has 0 saturated carbocycles. The van der Waals surface area contributed by atoms with E-state index in [1.54, 1.807) is 7.11 Å². The van der Waals surface area contributed by atoms with Gasteiger partial charge in [-0.05, 0) is 5.56 Å². The van der Waals surface area contributed by atoms with E-state index >= 15 is 0 Å². The third-order valence-corrected chi connectivity index (χ3v) is 2.91. The first-order chi connectivity index (χ1) is 8.72. The molecule has 1 heterocycles. The number of amides is 3. The molecule has 1 aliphatic heterocycles. The SMILES string of the molecule is COCCN1C(=O)NC(Cc2ccccc2)C1=O. The number of nitrogens with zero attached hydrogens (tertiary/aromatic N) is 1. The number of urea groups is 1. The molecule has 3 amide bonds. The molecule has 1 N–H and O–H groups in total. The number of nitrogens with one attached hydrogen (secondary N) is 1. The monoisotopic (exact) mass is 248 g/mol. The van der Waals surface area contributed by atoms with Crippen LogP contribution in [0.5, 0.6) is 0 Å². The standard InChI is InChI=1S/C13H16N2O3/c1-18-8-7-15-12(16)11(14-13(15)17)9-10-5-3-2-4-6-10/h2-6,11H,7-9H2,1H3,(H,14,17). The van der Waals surface area contributed by atoms with Crippen molar-refractivity contribution in [2.24, 2.45) is 0 Å². The largest absolute Gasteiger partial charge is 0.383 e. The van der Waals surface area contributed by atoms with Gasteiger partial charge in [-0.25, -0.2) is 4.79 Å². The van der Waals surface area contributed by atoms with Crippen molar-refractivity contribution in [3.8, 4) is 0 Å².